The van der Waals surface area contributed by atoms with Crippen LogP contribution in [0, 0.1) is 4.91 Å². The molecule has 6 heteroatoms. The Hall–Kier alpha value is -4.19. The molecule has 2 N–H and O–H groups in total. The number of anilines is 1. The number of hydrogen-bond donors (Lipinski definition) is 2. The highest BCUT2D eigenvalue weighted by Gasteiger charge is 2.18. The number of rotatable bonds is 6. The average Bonchev–Trinajstić information content (AvgIpc) is 3.04. The number of carbonyl (C=O) groups is 1. The van der Waals surface area contributed by atoms with Gasteiger partial charge in [0.05, 0.1) is 12.1 Å². The van der Waals surface area contributed by atoms with Crippen LogP contribution in [0.2, 0.25) is 0 Å². The highest BCUT2D eigenvalue weighted by molar-refractivity contribution is 6.04. The van der Waals surface area contributed by atoms with Gasteiger partial charge in [0.15, 0.2) is 5.69 Å². The molecular formula is C24H19N3O3. The van der Waals surface area contributed by atoms with Crippen LogP contribution in [-0.4, -0.2) is 15.6 Å². The lowest BCUT2D eigenvalue weighted by atomic mass is 10.2. The molecule has 0 unspecified atom stereocenters. The van der Waals surface area contributed by atoms with Gasteiger partial charge in [-0.05, 0) is 40.6 Å². The summed E-state index contributed by atoms with van der Waals surface area (Å²) in [5, 5.41) is 16.8. The van der Waals surface area contributed by atoms with Crippen LogP contribution in [0.1, 0.15) is 11.1 Å². The lowest BCUT2D eigenvalue weighted by molar-refractivity contribution is -0.111. The van der Waals surface area contributed by atoms with Gasteiger partial charge in [-0.25, -0.2) is 0 Å². The zero-order chi connectivity index (χ0) is 20.9. The number of carbonyl (C=O) groups excluding carboxylic acids is 1. The zero-order valence-corrected chi connectivity index (χ0v) is 16.0. The van der Waals surface area contributed by atoms with Crippen LogP contribution in [0.4, 0.5) is 11.4 Å². The van der Waals surface area contributed by atoms with Crippen LogP contribution in [0.25, 0.3) is 17.0 Å². The standard InChI is InChI=1S/C24H19N3O3/c28-22(14-11-17-7-3-1-4-8-17)25-19-12-13-21-20(15-19)23(26-30)24(29)27(21)16-18-9-5-2-6-10-18/h1-15,29H,16H2,(H,25,28). The predicted molar refractivity (Wildman–Crippen MR) is 119 cm³/mol. The number of aromatic nitrogens is 1. The minimum atomic E-state index is -0.299. The smallest absolute Gasteiger partial charge is 0.248 e. The third kappa shape index (κ3) is 3.98. The summed E-state index contributed by atoms with van der Waals surface area (Å²) in [7, 11) is 0. The van der Waals surface area contributed by atoms with Crippen molar-refractivity contribution in [1.82, 2.24) is 4.57 Å². The summed E-state index contributed by atoms with van der Waals surface area (Å²) in [6.07, 6.45) is 3.16. The second-order valence-corrected chi connectivity index (χ2v) is 6.80. The maximum absolute atomic E-state index is 12.3. The van der Waals surface area contributed by atoms with Crippen molar-refractivity contribution in [2.45, 2.75) is 6.54 Å². The number of aromatic hydroxyl groups is 1. The molecule has 0 spiro atoms. The van der Waals surface area contributed by atoms with Gasteiger partial charge in [-0.1, -0.05) is 60.7 Å². The largest absolute Gasteiger partial charge is 0.493 e. The first-order valence-corrected chi connectivity index (χ1v) is 9.42. The van der Waals surface area contributed by atoms with Crippen molar-refractivity contribution in [2.24, 2.45) is 5.18 Å². The molecule has 1 heterocycles. The van der Waals surface area contributed by atoms with E-state index in [1.165, 1.54) is 6.08 Å². The molecule has 0 aliphatic rings. The number of hydrogen-bond acceptors (Lipinski definition) is 4. The summed E-state index contributed by atoms with van der Waals surface area (Å²) in [6.45, 7) is 0.393. The maximum Gasteiger partial charge on any atom is 0.248 e. The van der Waals surface area contributed by atoms with Gasteiger partial charge < -0.3 is 15.0 Å². The van der Waals surface area contributed by atoms with E-state index in [4.69, 9.17) is 0 Å². The Balaban J connectivity index is 1.61. The van der Waals surface area contributed by atoms with Gasteiger partial charge in [-0.2, -0.15) is 0 Å². The quantitative estimate of drug-likeness (QED) is 0.335. The average molecular weight is 397 g/mol. The zero-order valence-electron chi connectivity index (χ0n) is 16.0. The van der Waals surface area contributed by atoms with Gasteiger partial charge >= 0.3 is 0 Å². The first kappa shape index (κ1) is 19.1. The van der Waals surface area contributed by atoms with Crippen LogP contribution in [0.5, 0.6) is 5.88 Å². The summed E-state index contributed by atoms with van der Waals surface area (Å²) in [4.78, 5) is 23.6. The van der Waals surface area contributed by atoms with E-state index in [2.05, 4.69) is 10.5 Å². The lowest BCUT2D eigenvalue weighted by Crippen LogP contribution is -2.07. The SMILES string of the molecule is O=Nc1c(O)n(Cc2ccccc2)c2ccc(NC(=O)C=Cc3ccccc3)cc12. The molecule has 0 saturated carbocycles. The van der Waals surface area contributed by atoms with E-state index in [9.17, 15) is 14.8 Å². The fourth-order valence-corrected chi connectivity index (χ4v) is 3.34. The number of nitroso groups, excluding NO2 is 1. The fraction of sp³-hybridized carbons (Fsp3) is 0.0417. The van der Waals surface area contributed by atoms with E-state index in [0.29, 0.717) is 23.1 Å². The highest BCUT2D eigenvalue weighted by atomic mass is 16.3. The summed E-state index contributed by atoms with van der Waals surface area (Å²) in [6, 6.07) is 24.2. The summed E-state index contributed by atoms with van der Waals surface area (Å²) < 4.78 is 1.63. The molecule has 3 aromatic carbocycles. The number of fused-ring (bicyclic) bond motifs is 1. The molecule has 0 bridgehead atoms. The van der Waals surface area contributed by atoms with Crippen LogP contribution >= 0.6 is 0 Å². The molecule has 0 aliphatic carbocycles. The van der Waals surface area contributed by atoms with Gasteiger partial charge in [0.2, 0.25) is 11.8 Å². The number of nitrogens with zero attached hydrogens (tertiary/aromatic N) is 2. The molecule has 0 aliphatic heterocycles. The first-order chi connectivity index (χ1) is 14.7. The number of amides is 1. The van der Waals surface area contributed by atoms with Crippen LogP contribution in [0.15, 0.2) is 90.1 Å². The molecule has 0 radical (unpaired) electrons. The minimum Gasteiger partial charge on any atom is -0.493 e. The number of benzene rings is 3. The van der Waals surface area contributed by atoms with Crippen molar-refractivity contribution in [3.05, 3.63) is 101 Å². The third-order valence-electron chi connectivity index (χ3n) is 4.78. The van der Waals surface area contributed by atoms with Crippen LogP contribution < -0.4 is 5.32 Å². The van der Waals surface area contributed by atoms with Crippen molar-refractivity contribution in [3.8, 4) is 5.88 Å². The number of nitrogens with one attached hydrogen (secondary N) is 1. The molecule has 0 fully saturated rings. The van der Waals surface area contributed by atoms with E-state index in [-0.39, 0.29) is 17.5 Å². The summed E-state index contributed by atoms with van der Waals surface area (Å²) >= 11 is 0. The summed E-state index contributed by atoms with van der Waals surface area (Å²) in [5.41, 5.74) is 3.01. The Labute approximate surface area is 173 Å². The van der Waals surface area contributed by atoms with E-state index >= 15 is 0 Å². The van der Waals surface area contributed by atoms with E-state index in [1.54, 1.807) is 28.8 Å². The summed E-state index contributed by atoms with van der Waals surface area (Å²) in [5.74, 6) is -0.497. The van der Waals surface area contributed by atoms with Crippen molar-refractivity contribution in [1.29, 1.82) is 0 Å². The molecule has 4 rings (SSSR count). The molecule has 6 nitrogen and oxygen atoms in total. The minimum absolute atomic E-state index is 0.0446. The van der Waals surface area contributed by atoms with Crippen LogP contribution in [0.3, 0.4) is 0 Å². The monoisotopic (exact) mass is 397 g/mol. The van der Waals surface area contributed by atoms with E-state index in [0.717, 1.165) is 11.1 Å². The van der Waals surface area contributed by atoms with E-state index < -0.39 is 0 Å². The Morgan fingerprint density at radius 3 is 2.40 bits per heavy atom. The van der Waals surface area contributed by atoms with Crippen molar-refractivity contribution in [2.75, 3.05) is 5.32 Å². The lowest BCUT2D eigenvalue weighted by Gasteiger charge is -2.08. The van der Waals surface area contributed by atoms with E-state index in [1.807, 2.05) is 60.7 Å². The van der Waals surface area contributed by atoms with Gasteiger partial charge in [0.1, 0.15) is 0 Å². The Bertz CT molecular complexity index is 1230. The molecule has 1 amide bonds. The molecule has 1 aromatic heterocycles. The second kappa shape index (κ2) is 8.45. The maximum atomic E-state index is 12.3. The van der Waals surface area contributed by atoms with Crippen LogP contribution in [-0.2, 0) is 11.3 Å². The molecular weight excluding hydrogens is 378 g/mol. The Morgan fingerprint density at radius 1 is 1.00 bits per heavy atom. The van der Waals surface area contributed by atoms with Gasteiger partial charge in [0, 0.05) is 17.1 Å². The first-order valence-electron chi connectivity index (χ1n) is 9.42. The highest BCUT2D eigenvalue weighted by Crippen LogP contribution is 2.40. The molecule has 0 saturated heterocycles. The predicted octanol–water partition coefficient (Wildman–Crippen LogP) is 5.45. The van der Waals surface area contributed by atoms with Crippen molar-refractivity contribution < 1.29 is 9.90 Å². The van der Waals surface area contributed by atoms with Gasteiger partial charge in [-0.3, -0.25) is 4.79 Å². The second-order valence-electron chi connectivity index (χ2n) is 6.80. The molecule has 148 valence electrons. The molecule has 30 heavy (non-hydrogen) atoms. The topological polar surface area (TPSA) is 83.7 Å². The normalized spacial score (nSPS) is 11.1. The molecule has 4 aromatic rings. The third-order valence-corrected chi connectivity index (χ3v) is 4.78. The molecule has 0 atom stereocenters. The van der Waals surface area contributed by atoms with Gasteiger partial charge in [0.25, 0.3) is 0 Å². The van der Waals surface area contributed by atoms with Crippen molar-refractivity contribution >= 4 is 34.3 Å². The Kier molecular flexibility index (Phi) is 5.39. The van der Waals surface area contributed by atoms with Crippen molar-refractivity contribution in [3.63, 3.8) is 0 Å². The Morgan fingerprint density at radius 2 is 1.70 bits per heavy atom. The van der Waals surface area contributed by atoms with Gasteiger partial charge in [-0.15, -0.1) is 4.91 Å². The fourth-order valence-electron chi connectivity index (χ4n) is 3.34.